The molecule has 0 radical (unpaired) electrons. The van der Waals surface area contributed by atoms with Gasteiger partial charge in [-0.15, -0.1) is 0 Å². The first kappa shape index (κ1) is 31.0. The molecule has 0 saturated carbocycles. The second kappa shape index (κ2) is 10.9. The molecule has 8 atom stereocenters. The number of aliphatic hydroxyl groups is 6. The second-order valence-electron chi connectivity index (χ2n) is 11.6. The largest absolute Gasteiger partial charge is 0.388 e. The Hall–Kier alpha value is -3.49. The zero-order valence-electron chi connectivity index (χ0n) is 23.9. The number of hydrogen-bond acceptors (Lipinski definition) is 15. The van der Waals surface area contributed by atoms with Gasteiger partial charge in [-0.05, 0) is 34.6 Å². The molecular formula is C25H34FN9O8. The molecule has 6 rings (SSSR count). The molecule has 4 aromatic heterocycles. The van der Waals surface area contributed by atoms with E-state index in [1.807, 2.05) is 6.92 Å². The highest BCUT2D eigenvalue weighted by Crippen LogP contribution is 2.37. The summed E-state index contributed by atoms with van der Waals surface area (Å²) in [6.07, 6.45) is -5.86. The molecule has 0 unspecified atom stereocenters. The number of imidazole rings is 2. The lowest BCUT2D eigenvalue weighted by Crippen LogP contribution is -2.44. The summed E-state index contributed by atoms with van der Waals surface area (Å²) in [5, 5.41) is 60.5. The van der Waals surface area contributed by atoms with Crippen LogP contribution in [0.15, 0.2) is 19.0 Å². The molecule has 6 heterocycles. The molecule has 17 nitrogen and oxygen atoms in total. The summed E-state index contributed by atoms with van der Waals surface area (Å²) in [4.78, 5) is 23.3. The molecule has 2 aliphatic rings. The van der Waals surface area contributed by atoms with Gasteiger partial charge in [0.1, 0.15) is 48.5 Å². The second-order valence-corrected chi connectivity index (χ2v) is 11.6. The summed E-state index contributed by atoms with van der Waals surface area (Å²) < 4.78 is 27.3. The Kier molecular flexibility index (Phi) is 7.84. The average Bonchev–Trinajstić information content (AvgIpc) is 3.65. The van der Waals surface area contributed by atoms with Crippen molar-refractivity contribution in [1.82, 2.24) is 39.0 Å². The average molecular weight is 608 g/mol. The normalized spacial score (nSPS) is 29.8. The lowest BCUT2D eigenvalue weighted by molar-refractivity contribution is -0.122. The van der Waals surface area contributed by atoms with E-state index in [1.165, 1.54) is 51.2 Å². The SMILES string of the molecule is CC(C)(O)[C@H]1O[C@@H](n2cnc3c(N)nc(F)nc32)[C@H](O)[C@@H]1O.Cc1ncnc2c1ncn2[C@@H]1O[C@H](C(C)(C)O)[C@@H](O)[C@H]1O. The van der Waals surface area contributed by atoms with Gasteiger partial charge in [-0.3, -0.25) is 9.13 Å². The number of aromatic nitrogens is 8. The van der Waals surface area contributed by atoms with E-state index in [9.17, 15) is 35.0 Å². The zero-order valence-corrected chi connectivity index (χ0v) is 23.9. The number of nitrogen functional groups attached to an aromatic ring is 1. The van der Waals surface area contributed by atoms with E-state index in [-0.39, 0.29) is 17.0 Å². The van der Waals surface area contributed by atoms with Crippen molar-refractivity contribution in [2.24, 2.45) is 0 Å². The van der Waals surface area contributed by atoms with Gasteiger partial charge in [-0.25, -0.2) is 19.9 Å². The third-order valence-electron chi connectivity index (χ3n) is 7.38. The molecule has 0 spiro atoms. The van der Waals surface area contributed by atoms with Crippen LogP contribution in [0, 0.1) is 13.0 Å². The Labute approximate surface area is 243 Å². The van der Waals surface area contributed by atoms with Crippen LogP contribution in [0.4, 0.5) is 10.2 Å². The maximum atomic E-state index is 13.3. The Morgan fingerprint density at radius 2 is 1.23 bits per heavy atom. The number of ether oxygens (including phenoxy) is 2. The number of aryl methyl sites for hydroxylation is 1. The number of anilines is 1. The number of aliphatic hydroxyl groups excluding tert-OH is 4. The lowest BCUT2D eigenvalue weighted by Gasteiger charge is -2.27. The third-order valence-corrected chi connectivity index (χ3v) is 7.38. The van der Waals surface area contributed by atoms with E-state index in [1.54, 1.807) is 4.57 Å². The van der Waals surface area contributed by atoms with Crippen molar-refractivity contribution in [3.63, 3.8) is 0 Å². The number of rotatable bonds is 4. The van der Waals surface area contributed by atoms with Crippen LogP contribution < -0.4 is 5.73 Å². The minimum Gasteiger partial charge on any atom is -0.388 e. The molecule has 2 aliphatic heterocycles. The Balaban J connectivity index is 0.000000171. The molecule has 8 N–H and O–H groups in total. The summed E-state index contributed by atoms with van der Waals surface area (Å²) in [5.41, 5.74) is 4.91. The predicted molar refractivity (Wildman–Crippen MR) is 144 cm³/mol. The van der Waals surface area contributed by atoms with Crippen molar-refractivity contribution in [2.75, 3.05) is 5.73 Å². The van der Waals surface area contributed by atoms with Crippen LogP contribution in [-0.4, -0.2) is 118 Å². The van der Waals surface area contributed by atoms with Gasteiger partial charge < -0.3 is 45.8 Å². The molecule has 2 fully saturated rings. The Morgan fingerprint density at radius 1 is 0.744 bits per heavy atom. The molecule has 18 heteroatoms. The molecule has 234 valence electrons. The summed E-state index contributed by atoms with van der Waals surface area (Å²) in [6.45, 7) is 7.74. The standard InChI is InChI=1S/C13H18N4O4.C12H16FN5O4/c1-6-7-11(15-4-14-6)17(5-16-7)12-9(19)8(18)10(21-12)13(2,3)20;1-12(2,21)7-5(19)6(20)10(22-7)18-3-15-4-8(14)16-11(13)17-9(4)18/h4-5,8-10,12,18-20H,1-3H3;3,5-7,10,19-21H,1-2H3,(H2,14,16,17)/t8-,9+,10-,12+;5-,6+,7-,10+/m00/s1. The van der Waals surface area contributed by atoms with Gasteiger partial charge in [0.05, 0.1) is 29.6 Å². The quantitative estimate of drug-likeness (QED) is 0.130. The topological polar surface area (TPSA) is 253 Å². The van der Waals surface area contributed by atoms with Crippen LogP contribution in [0.1, 0.15) is 45.8 Å². The highest BCUT2D eigenvalue weighted by molar-refractivity contribution is 5.81. The van der Waals surface area contributed by atoms with Gasteiger partial charge in [0.25, 0.3) is 0 Å². The van der Waals surface area contributed by atoms with Crippen LogP contribution in [0.3, 0.4) is 0 Å². The van der Waals surface area contributed by atoms with Crippen molar-refractivity contribution >= 4 is 28.1 Å². The minimum atomic E-state index is -1.38. The predicted octanol–water partition coefficient (Wildman–Crippen LogP) is -1.54. The van der Waals surface area contributed by atoms with E-state index in [2.05, 4.69) is 29.9 Å². The number of nitrogens with zero attached hydrogens (tertiary/aromatic N) is 8. The van der Waals surface area contributed by atoms with Crippen molar-refractivity contribution in [1.29, 1.82) is 0 Å². The van der Waals surface area contributed by atoms with Gasteiger partial charge in [0.15, 0.2) is 35.1 Å². The third kappa shape index (κ3) is 5.51. The van der Waals surface area contributed by atoms with E-state index >= 15 is 0 Å². The van der Waals surface area contributed by atoms with E-state index in [0.717, 1.165) is 0 Å². The molecule has 0 amide bonds. The Morgan fingerprint density at radius 3 is 1.72 bits per heavy atom. The molecule has 4 aromatic rings. The van der Waals surface area contributed by atoms with Crippen LogP contribution in [0.5, 0.6) is 0 Å². The maximum Gasteiger partial charge on any atom is 0.312 e. The van der Waals surface area contributed by atoms with E-state index < -0.39 is 66.4 Å². The van der Waals surface area contributed by atoms with Gasteiger partial charge in [0.2, 0.25) is 0 Å². The van der Waals surface area contributed by atoms with Crippen LogP contribution >= 0.6 is 0 Å². The zero-order chi connectivity index (χ0) is 31.6. The highest BCUT2D eigenvalue weighted by atomic mass is 19.1. The molecular weight excluding hydrogens is 573 g/mol. The highest BCUT2D eigenvalue weighted by Gasteiger charge is 2.51. The van der Waals surface area contributed by atoms with Crippen LogP contribution in [-0.2, 0) is 9.47 Å². The van der Waals surface area contributed by atoms with Crippen LogP contribution in [0.2, 0.25) is 0 Å². The first-order valence-electron chi connectivity index (χ1n) is 13.3. The fraction of sp³-hybridized carbons (Fsp3) is 0.600. The first-order chi connectivity index (χ1) is 20.0. The molecule has 0 aliphatic carbocycles. The molecule has 43 heavy (non-hydrogen) atoms. The van der Waals surface area contributed by atoms with Crippen LogP contribution in [0.25, 0.3) is 22.3 Å². The van der Waals surface area contributed by atoms with E-state index in [0.29, 0.717) is 16.9 Å². The Bertz CT molecular complexity index is 1620. The number of hydrogen-bond donors (Lipinski definition) is 7. The van der Waals surface area contributed by atoms with E-state index in [4.69, 9.17) is 15.2 Å². The van der Waals surface area contributed by atoms with Crippen molar-refractivity contribution in [3.05, 3.63) is 30.8 Å². The van der Waals surface area contributed by atoms with Crippen molar-refractivity contribution < 1.29 is 44.5 Å². The molecule has 0 aromatic carbocycles. The van der Waals surface area contributed by atoms with Gasteiger partial charge >= 0.3 is 6.08 Å². The van der Waals surface area contributed by atoms with Crippen molar-refractivity contribution in [3.8, 4) is 0 Å². The van der Waals surface area contributed by atoms with Crippen molar-refractivity contribution in [2.45, 2.75) is 94.9 Å². The number of nitrogens with two attached hydrogens (primary N) is 1. The monoisotopic (exact) mass is 607 g/mol. The fourth-order valence-corrected chi connectivity index (χ4v) is 5.20. The fourth-order valence-electron chi connectivity index (χ4n) is 5.20. The summed E-state index contributed by atoms with van der Waals surface area (Å²) in [5.74, 6) is -0.145. The molecule has 0 bridgehead atoms. The summed E-state index contributed by atoms with van der Waals surface area (Å²) >= 11 is 0. The number of halogens is 1. The smallest absolute Gasteiger partial charge is 0.312 e. The molecule has 2 saturated heterocycles. The maximum absolute atomic E-state index is 13.3. The lowest BCUT2D eigenvalue weighted by atomic mass is 9.96. The summed E-state index contributed by atoms with van der Waals surface area (Å²) in [7, 11) is 0. The van der Waals surface area contributed by atoms with Gasteiger partial charge in [-0.2, -0.15) is 14.4 Å². The van der Waals surface area contributed by atoms with Gasteiger partial charge in [-0.1, -0.05) is 0 Å². The number of fused-ring (bicyclic) bond motifs is 2. The van der Waals surface area contributed by atoms with Gasteiger partial charge in [0, 0.05) is 0 Å². The first-order valence-corrected chi connectivity index (χ1v) is 13.3. The minimum absolute atomic E-state index is 0.0256. The summed E-state index contributed by atoms with van der Waals surface area (Å²) in [6, 6.07) is 0.